The first-order chi connectivity index (χ1) is 8.52. The lowest BCUT2D eigenvalue weighted by Crippen LogP contribution is -2.01. The molecular formula is C12H13BrFN3O. The Balaban J connectivity index is 2.42. The zero-order valence-corrected chi connectivity index (χ0v) is 11.7. The minimum atomic E-state index is -0.360. The van der Waals surface area contributed by atoms with Crippen molar-refractivity contribution in [1.29, 1.82) is 0 Å². The summed E-state index contributed by atoms with van der Waals surface area (Å²) in [5.74, 6) is 0.565. The van der Waals surface area contributed by atoms with Gasteiger partial charge >= 0.3 is 0 Å². The molecule has 4 nitrogen and oxygen atoms in total. The Hall–Kier alpha value is -1.40. The average molecular weight is 314 g/mol. The maximum absolute atomic E-state index is 13.2. The highest BCUT2D eigenvalue weighted by Crippen LogP contribution is 2.32. The van der Waals surface area contributed by atoms with E-state index >= 15 is 0 Å². The van der Waals surface area contributed by atoms with Crippen LogP contribution in [0.15, 0.2) is 22.7 Å². The lowest BCUT2D eigenvalue weighted by atomic mass is 10.2. The van der Waals surface area contributed by atoms with E-state index in [-0.39, 0.29) is 5.82 Å². The Labute approximate surface area is 113 Å². The Morgan fingerprint density at radius 3 is 2.89 bits per heavy atom. The molecule has 18 heavy (non-hydrogen) atoms. The van der Waals surface area contributed by atoms with Crippen LogP contribution < -0.4 is 10.5 Å². The van der Waals surface area contributed by atoms with Crippen molar-refractivity contribution in [1.82, 2.24) is 9.78 Å². The molecule has 0 aliphatic carbocycles. The van der Waals surface area contributed by atoms with E-state index in [1.807, 2.05) is 6.92 Å². The average Bonchev–Trinajstić information content (AvgIpc) is 2.58. The number of ether oxygens (including phenoxy) is 1. The SMILES string of the molecule is Cc1nn(C)c(Oc2cc(F)ccc2Br)c1CN. The van der Waals surface area contributed by atoms with E-state index in [1.54, 1.807) is 17.8 Å². The minimum Gasteiger partial charge on any atom is -0.438 e. The van der Waals surface area contributed by atoms with Crippen LogP contribution in [0, 0.1) is 12.7 Å². The number of benzene rings is 1. The first-order valence-corrected chi connectivity index (χ1v) is 6.17. The predicted octanol–water partition coefficient (Wildman–Crippen LogP) is 2.88. The molecule has 2 aromatic rings. The van der Waals surface area contributed by atoms with Crippen LogP contribution in [0.4, 0.5) is 4.39 Å². The van der Waals surface area contributed by atoms with Gasteiger partial charge in [0, 0.05) is 19.7 Å². The van der Waals surface area contributed by atoms with Crippen LogP contribution in [-0.4, -0.2) is 9.78 Å². The van der Waals surface area contributed by atoms with Gasteiger partial charge < -0.3 is 10.5 Å². The zero-order valence-electron chi connectivity index (χ0n) is 10.1. The quantitative estimate of drug-likeness (QED) is 0.948. The molecule has 0 bridgehead atoms. The van der Waals surface area contributed by atoms with Crippen molar-refractivity contribution in [3.05, 3.63) is 39.7 Å². The van der Waals surface area contributed by atoms with Gasteiger partial charge in [0.25, 0.3) is 0 Å². The molecule has 0 aliphatic heterocycles. The second-order valence-electron chi connectivity index (χ2n) is 3.87. The van der Waals surface area contributed by atoms with Crippen molar-refractivity contribution >= 4 is 15.9 Å². The summed E-state index contributed by atoms with van der Waals surface area (Å²) in [5, 5.41) is 4.23. The van der Waals surface area contributed by atoms with Gasteiger partial charge in [-0.15, -0.1) is 0 Å². The molecule has 0 radical (unpaired) electrons. The largest absolute Gasteiger partial charge is 0.438 e. The van der Waals surface area contributed by atoms with Gasteiger partial charge in [0.2, 0.25) is 5.88 Å². The summed E-state index contributed by atoms with van der Waals surface area (Å²) in [6.45, 7) is 2.18. The van der Waals surface area contributed by atoms with Gasteiger partial charge in [-0.25, -0.2) is 9.07 Å². The van der Waals surface area contributed by atoms with Crippen LogP contribution in [0.2, 0.25) is 0 Å². The van der Waals surface area contributed by atoms with Gasteiger partial charge in [-0.05, 0) is 35.0 Å². The van der Waals surface area contributed by atoms with Crippen molar-refractivity contribution in [3.63, 3.8) is 0 Å². The van der Waals surface area contributed by atoms with Gasteiger partial charge in [-0.3, -0.25) is 0 Å². The summed E-state index contributed by atoms with van der Waals surface area (Å²) in [6, 6.07) is 4.26. The molecule has 1 heterocycles. The van der Waals surface area contributed by atoms with Crippen molar-refractivity contribution in [2.45, 2.75) is 13.5 Å². The van der Waals surface area contributed by atoms with Crippen LogP contribution in [0.5, 0.6) is 11.6 Å². The standard InChI is InChI=1S/C12H13BrFN3O/c1-7-9(6-15)12(17(2)16-7)18-11-5-8(14)3-4-10(11)13/h3-5H,6,15H2,1-2H3. The van der Waals surface area contributed by atoms with Gasteiger partial charge in [-0.2, -0.15) is 5.10 Å². The van der Waals surface area contributed by atoms with Crippen molar-refractivity contribution < 1.29 is 9.13 Å². The number of aromatic nitrogens is 2. The fourth-order valence-electron chi connectivity index (χ4n) is 1.70. The first-order valence-electron chi connectivity index (χ1n) is 5.38. The van der Waals surface area contributed by atoms with E-state index in [0.717, 1.165) is 11.3 Å². The maximum Gasteiger partial charge on any atom is 0.222 e. The third-order valence-electron chi connectivity index (χ3n) is 2.59. The fraction of sp³-hybridized carbons (Fsp3) is 0.250. The van der Waals surface area contributed by atoms with Crippen LogP contribution in [0.1, 0.15) is 11.3 Å². The van der Waals surface area contributed by atoms with E-state index in [9.17, 15) is 4.39 Å². The molecule has 0 spiro atoms. The molecule has 0 fully saturated rings. The highest BCUT2D eigenvalue weighted by Gasteiger charge is 2.15. The summed E-state index contributed by atoms with van der Waals surface area (Å²) in [4.78, 5) is 0. The van der Waals surface area contributed by atoms with Crippen molar-refractivity contribution in [2.24, 2.45) is 12.8 Å². The number of hydrogen-bond donors (Lipinski definition) is 1. The van der Waals surface area contributed by atoms with Crippen LogP contribution >= 0.6 is 15.9 Å². The third-order valence-corrected chi connectivity index (χ3v) is 3.25. The summed E-state index contributed by atoms with van der Waals surface area (Å²) < 4.78 is 21.2. The van der Waals surface area contributed by atoms with Crippen molar-refractivity contribution in [2.75, 3.05) is 0 Å². The van der Waals surface area contributed by atoms with Crippen LogP contribution in [-0.2, 0) is 13.6 Å². The van der Waals surface area contributed by atoms with E-state index in [4.69, 9.17) is 10.5 Å². The minimum absolute atomic E-state index is 0.321. The van der Waals surface area contributed by atoms with Gasteiger partial charge in [0.05, 0.1) is 15.7 Å². The number of aryl methyl sites for hydroxylation is 2. The molecule has 2 N–H and O–H groups in total. The molecule has 0 saturated carbocycles. The Morgan fingerprint density at radius 1 is 1.50 bits per heavy atom. The lowest BCUT2D eigenvalue weighted by Gasteiger charge is -2.09. The molecule has 0 aliphatic rings. The molecule has 0 atom stereocenters. The van der Waals surface area contributed by atoms with Crippen LogP contribution in [0.25, 0.3) is 0 Å². The molecule has 6 heteroatoms. The smallest absolute Gasteiger partial charge is 0.222 e. The summed E-state index contributed by atoms with van der Waals surface area (Å²) in [6.07, 6.45) is 0. The van der Waals surface area contributed by atoms with Gasteiger partial charge in [-0.1, -0.05) is 0 Å². The second-order valence-corrected chi connectivity index (χ2v) is 4.73. The molecule has 0 unspecified atom stereocenters. The highest BCUT2D eigenvalue weighted by atomic mass is 79.9. The number of nitrogens with zero attached hydrogens (tertiary/aromatic N) is 2. The number of hydrogen-bond acceptors (Lipinski definition) is 3. The molecule has 96 valence electrons. The summed E-state index contributed by atoms with van der Waals surface area (Å²) in [7, 11) is 1.76. The molecule has 1 aromatic heterocycles. The summed E-state index contributed by atoms with van der Waals surface area (Å²) in [5.41, 5.74) is 7.29. The number of rotatable bonds is 3. The molecule has 0 amide bonds. The van der Waals surface area contributed by atoms with Gasteiger partial charge in [0.15, 0.2) is 0 Å². The molecule has 1 aromatic carbocycles. The molecule has 0 saturated heterocycles. The lowest BCUT2D eigenvalue weighted by molar-refractivity contribution is 0.420. The first kappa shape index (κ1) is 13.0. The van der Waals surface area contributed by atoms with Gasteiger partial charge in [0.1, 0.15) is 11.6 Å². The Kier molecular flexibility index (Phi) is 3.68. The Morgan fingerprint density at radius 2 is 2.22 bits per heavy atom. The maximum atomic E-state index is 13.2. The van der Waals surface area contributed by atoms with Crippen molar-refractivity contribution in [3.8, 4) is 11.6 Å². The predicted molar refractivity (Wildman–Crippen MR) is 70.0 cm³/mol. The third kappa shape index (κ3) is 2.39. The zero-order chi connectivity index (χ0) is 13.3. The number of halogens is 2. The fourth-order valence-corrected chi connectivity index (χ4v) is 2.03. The molecule has 2 rings (SSSR count). The monoisotopic (exact) mass is 313 g/mol. The van der Waals surface area contributed by atoms with E-state index < -0.39 is 0 Å². The second kappa shape index (κ2) is 5.07. The normalized spacial score (nSPS) is 10.7. The topological polar surface area (TPSA) is 53.1 Å². The number of nitrogens with two attached hydrogens (primary N) is 1. The van der Waals surface area contributed by atoms with Crippen LogP contribution in [0.3, 0.4) is 0 Å². The summed E-state index contributed by atoms with van der Waals surface area (Å²) >= 11 is 3.31. The van der Waals surface area contributed by atoms with E-state index in [2.05, 4.69) is 21.0 Å². The molecular weight excluding hydrogens is 301 g/mol. The van der Waals surface area contributed by atoms with E-state index in [1.165, 1.54) is 12.1 Å². The van der Waals surface area contributed by atoms with E-state index in [0.29, 0.717) is 22.6 Å². The highest BCUT2D eigenvalue weighted by molar-refractivity contribution is 9.10. The Bertz CT molecular complexity index is 583.